The molecule has 0 aromatic carbocycles. The second-order valence-electron chi connectivity index (χ2n) is 13.7. The molecule has 2 heterocycles. The van der Waals surface area contributed by atoms with Crippen LogP contribution in [0.5, 0.6) is 0 Å². The second kappa shape index (κ2) is 9.16. The molecule has 5 saturated carbocycles. The molecule has 1 spiro atoms. The van der Waals surface area contributed by atoms with Gasteiger partial charge in [-0.15, -0.1) is 0 Å². The lowest BCUT2D eigenvalue weighted by atomic mass is 9.37. The monoisotopic (exact) mass is 466 g/mol. The van der Waals surface area contributed by atoms with Crippen LogP contribution >= 0.6 is 0 Å². The average Bonchev–Trinajstić information content (AvgIpc) is 2.91. The number of carbonyl (C=O) groups is 1. The average molecular weight is 467 g/mol. The third kappa shape index (κ3) is 3.24. The van der Waals surface area contributed by atoms with E-state index in [4.69, 9.17) is 0 Å². The Labute approximate surface area is 208 Å². The van der Waals surface area contributed by atoms with E-state index in [-0.39, 0.29) is 6.04 Å². The van der Waals surface area contributed by atoms with Crippen molar-refractivity contribution in [2.24, 2.45) is 35.0 Å². The Morgan fingerprint density at radius 2 is 1.15 bits per heavy atom. The molecular formula is C31H50N2O. The number of piperidine rings is 2. The van der Waals surface area contributed by atoms with Gasteiger partial charge in [0.05, 0.1) is 6.04 Å². The Morgan fingerprint density at radius 1 is 0.588 bits per heavy atom. The number of carbonyl (C=O) groups excluding carboxylic acids is 1. The van der Waals surface area contributed by atoms with Crippen LogP contribution < -0.4 is 5.32 Å². The number of likely N-dealkylation sites (tertiary alicyclic amines) is 1. The molecule has 8 unspecified atom stereocenters. The highest BCUT2D eigenvalue weighted by atomic mass is 16.1. The van der Waals surface area contributed by atoms with Gasteiger partial charge in [0.1, 0.15) is 0 Å². The molecule has 0 aromatic heterocycles. The highest BCUT2D eigenvalue weighted by Gasteiger charge is 2.69. The van der Waals surface area contributed by atoms with E-state index in [1.54, 1.807) is 0 Å². The lowest BCUT2D eigenvalue weighted by molar-refractivity contribution is -0.233. The zero-order chi connectivity index (χ0) is 22.7. The first-order valence-corrected chi connectivity index (χ1v) is 15.9. The van der Waals surface area contributed by atoms with Crippen molar-refractivity contribution in [2.75, 3.05) is 6.54 Å². The molecule has 0 aromatic rings. The van der Waals surface area contributed by atoms with Crippen molar-refractivity contribution < 1.29 is 4.79 Å². The Balaban J connectivity index is 1.38. The van der Waals surface area contributed by atoms with Crippen molar-refractivity contribution in [1.82, 2.24) is 10.2 Å². The topological polar surface area (TPSA) is 32.3 Å². The largest absolute Gasteiger partial charge is 0.307 e. The van der Waals surface area contributed by atoms with Gasteiger partial charge in [-0.2, -0.15) is 0 Å². The molecule has 3 nitrogen and oxygen atoms in total. The lowest BCUT2D eigenvalue weighted by Gasteiger charge is -2.72. The fourth-order valence-electron chi connectivity index (χ4n) is 11.9. The highest BCUT2D eigenvalue weighted by molar-refractivity contribution is 5.88. The van der Waals surface area contributed by atoms with Gasteiger partial charge in [0.25, 0.3) is 0 Å². The van der Waals surface area contributed by atoms with E-state index in [0.717, 1.165) is 36.5 Å². The quantitative estimate of drug-likeness (QED) is 0.479. The van der Waals surface area contributed by atoms with Gasteiger partial charge < -0.3 is 5.32 Å². The maximum Gasteiger partial charge on any atom is 0.153 e. The molecule has 3 heteroatoms. The summed E-state index contributed by atoms with van der Waals surface area (Å²) in [5.74, 6) is 4.13. The van der Waals surface area contributed by atoms with E-state index in [0.29, 0.717) is 29.0 Å². The Kier molecular flexibility index (Phi) is 6.13. The fourth-order valence-corrected chi connectivity index (χ4v) is 11.9. The number of fused-ring (bicyclic) bond motifs is 8. The van der Waals surface area contributed by atoms with Crippen LogP contribution in [0, 0.1) is 35.0 Å². The van der Waals surface area contributed by atoms with Crippen molar-refractivity contribution >= 4 is 5.78 Å². The Hall–Kier alpha value is -0.410. The first-order chi connectivity index (χ1) is 16.8. The SMILES string of the molecule is O=C1C2CCCCC2C2(C3CCCNC13)C1CCCCC1N(C1CCCCC1)C1CCCCC12. The van der Waals surface area contributed by atoms with Crippen molar-refractivity contribution in [3.05, 3.63) is 0 Å². The maximum absolute atomic E-state index is 14.0. The van der Waals surface area contributed by atoms with E-state index in [1.165, 1.54) is 122 Å². The van der Waals surface area contributed by atoms with Crippen LogP contribution in [0.4, 0.5) is 0 Å². The molecule has 0 bridgehead atoms. The summed E-state index contributed by atoms with van der Waals surface area (Å²) >= 11 is 0. The number of nitrogens with zero attached hydrogens (tertiary/aromatic N) is 1. The molecule has 0 radical (unpaired) electrons. The summed E-state index contributed by atoms with van der Waals surface area (Å²) in [5.41, 5.74) is 0.457. The molecule has 0 amide bonds. The third-order valence-corrected chi connectivity index (χ3v) is 12.7. The summed E-state index contributed by atoms with van der Waals surface area (Å²) < 4.78 is 0. The minimum atomic E-state index is 0.194. The molecular weight excluding hydrogens is 416 g/mol. The van der Waals surface area contributed by atoms with Crippen LogP contribution in [0.2, 0.25) is 0 Å². The van der Waals surface area contributed by atoms with Crippen LogP contribution in [-0.4, -0.2) is 41.4 Å². The number of ketones is 1. The minimum Gasteiger partial charge on any atom is -0.307 e. The summed E-state index contributed by atoms with van der Waals surface area (Å²) in [6.07, 6.45) is 26.9. The van der Waals surface area contributed by atoms with Gasteiger partial charge in [-0.25, -0.2) is 0 Å². The molecule has 7 fully saturated rings. The van der Waals surface area contributed by atoms with Gasteiger partial charge in [0.15, 0.2) is 5.78 Å². The van der Waals surface area contributed by atoms with E-state index < -0.39 is 0 Å². The fraction of sp³-hybridized carbons (Fsp3) is 0.968. The van der Waals surface area contributed by atoms with Crippen molar-refractivity contribution in [3.63, 3.8) is 0 Å². The van der Waals surface area contributed by atoms with E-state index in [1.807, 2.05) is 0 Å². The van der Waals surface area contributed by atoms with E-state index in [2.05, 4.69) is 10.2 Å². The summed E-state index contributed by atoms with van der Waals surface area (Å²) in [6, 6.07) is 2.72. The normalized spacial score (nSPS) is 50.2. The Bertz CT molecular complexity index is 707. The summed E-state index contributed by atoms with van der Waals surface area (Å²) in [4.78, 5) is 17.2. The summed E-state index contributed by atoms with van der Waals surface area (Å²) in [7, 11) is 0. The highest BCUT2D eigenvalue weighted by Crippen LogP contribution is 2.69. The van der Waals surface area contributed by atoms with Gasteiger partial charge in [-0.1, -0.05) is 57.8 Å². The van der Waals surface area contributed by atoms with Crippen LogP contribution in [0.1, 0.15) is 122 Å². The smallest absolute Gasteiger partial charge is 0.153 e. The van der Waals surface area contributed by atoms with Crippen LogP contribution in [-0.2, 0) is 4.79 Å². The van der Waals surface area contributed by atoms with Gasteiger partial charge in [-0.05, 0) is 99.8 Å². The number of rotatable bonds is 1. The molecule has 2 saturated heterocycles. The second-order valence-corrected chi connectivity index (χ2v) is 13.7. The molecule has 1 N–H and O–H groups in total. The van der Waals surface area contributed by atoms with Gasteiger partial charge >= 0.3 is 0 Å². The van der Waals surface area contributed by atoms with Crippen molar-refractivity contribution in [1.29, 1.82) is 0 Å². The number of nitrogens with one attached hydrogen (secondary N) is 1. The molecule has 7 aliphatic rings. The van der Waals surface area contributed by atoms with Gasteiger partial charge in [0.2, 0.25) is 0 Å². The molecule has 34 heavy (non-hydrogen) atoms. The maximum atomic E-state index is 14.0. The number of hydrogen-bond acceptors (Lipinski definition) is 3. The van der Waals surface area contributed by atoms with E-state index >= 15 is 0 Å². The van der Waals surface area contributed by atoms with Crippen molar-refractivity contribution in [2.45, 2.75) is 146 Å². The predicted molar refractivity (Wildman–Crippen MR) is 138 cm³/mol. The number of hydrogen-bond donors (Lipinski definition) is 1. The standard InChI is InChI=1S/C31H50N2O/c34-30-22-13-4-5-14-23(22)31(26-17-10-20-32-29(26)30)24-15-6-8-18-27(24)33(21-11-2-1-3-12-21)28-19-9-7-16-25(28)31/h21-29,32H,1-20H2. The van der Waals surface area contributed by atoms with Gasteiger partial charge in [-0.3, -0.25) is 9.69 Å². The van der Waals surface area contributed by atoms with Gasteiger partial charge in [0, 0.05) is 24.0 Å². The zero-order valence-electron chi connectivity index (χ0n) is 21.7. The Morgan fingerprint density at radius 3 is 1.85 bits per heavy atom. The molecule has 5 aliphatic carbocycles. The molecule has 190 valence electrons. The molecule has 2 aliphatic heterocycles. The minimum absolute atomic E-state index is 0.194. The summed E-state index contributed by atoms with van der Waals surface area (Å²) in [5, 5.41) is 3.88. The van der Waals surface area contributed by atoms with E-state index in [9.17, 15) is 4.79 Å². The predicted octanol–water partition coefficient (Wildman–Crippen LogP) is 6.50. The molecule has 7 rings (SSSR count). The number of Topliss-reactive ketones (excluding diaryl/α,β-unsaturated/α-hetero) is 1. The lowest BCUT2D eigenvalue weighted by Crippen LogP contribution is -2.76. The zero-order valence-corrected chi connectivity index (χ0v) is 21.7. The third-order valence-electron chi connectivity index (χ3n) is 12.7. The molecule has 8 atom stereocenters. The van der Waals surface area contributed by atoms with Crippen LogP contribution in [0.25, 0.3) is 0 Å². The van der Waals surface area contributed by atoms with Crippen LogP contribution in [0.3, 0.4) is 0 Å². The summed E-state index contributed by atoms with van der Waals surface area (Å²) in [6.45, 7) is 1.08. The van der Waals surface area contributed by atoms with Crippen molar-refractivity contribution in [3.8, 4) is 0 Å². The first kappa shape index (κ1) is 22.8. The van der Waals surface area contributed by atoms with Crippen LogP contribution in [0.15, 0.2) is 0 Å². The first-order valence-electron chi connectivity index (χ1n) is 15.9.